The standard InChI is InChI=1S/C54H32O2/c1-2-13-33(14-3-1)35-30-29-34-15-8-20-40(47(34)31-35)52-41-21-9-18-36(43-23-11-25-45-38-16-4-6-27-50(38)55-53(43)45)48(41)32-49-37(19-10-22-42(49)52)44-24-12-26-46-39-17-5-7-28-51(39)56-54(44)46/h1-32H. The van der Waals surface area contributed by atoms with E-state index >= 15 is 0 Å². The molecule has 0 radical (unpaired) electrons. The van der Waals surface area contributed by atoms with Crippen molar-refractivity contribution in [1.82, 2.24) is 0 Å². The van der Waals surface area contributed by atoms with E-state index < -0.39 is 0 Å². The highest BCUT2D eigenvalue weighted by Crippen LogP contribution is 2.48. The molecule has 0 N–H and O–H groups in total. The SMILES string of the molecule is c1ccc(-c2ccc3cccc(-c4c5cccc(-c6cccc7c6oc6ccccc67)c5cc5c(-c6cccc7c6oc6ccccc67)cccc45)c3c2)cc1. The molecule has 0 amide bonds. The van der Waals surface area contributed by atoms with E-state index in [0.29, 0.717) is 0 Å². The Hall–Kier alpha value is -7.42. The summed E-state index contributed by atoms with van der Waals surface area (Å²) in [6.07, 6.45) is 0. The second-order valence-electron chi connectivity index (χ2n) is 14.7. The number of hydrogen-bond acceptors (Lipinski definition) is 2. The van der Waals surface area contributed by atoms with E-state index in [9.17, 15) is 0 Å². The van der Waals surface area contributed by atoms with E-state index in [0.717, 1.165) is 66.1 Å². The monoisotopic (exact) mass is 712 g/mol. The van der Waals surface area contributed by atoms with E-state index in [-0.39, 0.29) is 0 Å². The van der Waals surface area contributed by atoms with Crippen LogP contribution in [-0.2, 0) is 0 Å². The van der Waals surface area contributed by atoms with Crippen LogP contribution in [0.25, 0.3) is 121 Å². The second kappa shape index (κ2) is 12.0. The highest BCUT2D eigenvalue weighted by atomic mass is 16.3. The van der Waals surface area contributed by atoms with Crippen LogP contribution in [0.5, 0.6) is 0 Å². The van der Waals surface area contributed by atoms with E-state index in [2.05, 4.69) is 182 Å². The van der Waals surface area contributed by atoms with Crippen LogP contribution in [0.4, 0.5) is 0 Å². The van der Waals surface area contributed by atoms with Crippen molar-refractivity contribution in [3.05, 3.63) is 194 Å². The van der Waals surface area contributed by atoms with Gasteiger partial charge < -0.3 is 8.83 Å². The van der Waals surface area contributed by atoms with Crippen molar-refractivity contribution < 1.29 is 8.83 Å². The Kier molecular flexibility index (Phi) is 6.66. The molecule has 0 aliphatic rings. The first-order valence-electron chi connectivity index (χ1n) is 19.2. The molecule has 2 aromatic heterocycles. The molecule has 0 atom stereocenters. The van der Waals surface area contributed by atoms with Gasteiger partial charge in [0.1, 0.15) is 22.3 Å². The van der Waals surface area contributed by atoms with E-state index in [1.807, 2.05) is 12.1 Å². The normalized spacial score (nSPS) is 11.9. The zero-order chi connectivity index (χ0) is 36.7. The number of benzene rings is 10. The topological polar surface area (TPSA) is 26.3 Å². The molecule has 0 aliphatic heterocycles. The molecule has 2 nitrogen and oxygen atoms in total. The fourth-order valence-corrected chi connectivity index (χ4v) is 9.15. The van der Waals surface area contributed by atoms with Gasteiger partial charge in [0.05, 0.1) is 0 Å². The third-order valence-electron chi connectivity index (χ3n) is 11.7. The molecule has 12 rings (SSSR count). The lowest BCUT2D eigenvalue weighted by atomic mass is 9.84. The van der Waals surface area contributed by atoms with Crippen LogP contribution in [0.3, 0.4) is 0 Å². The summed E-state index contributed by atoms with van der Waals surface area (Å²) in [5.41, 5.74) is 12.8. The van der Waals surface area contributed by atoms with Gasteiger partial charge in [-0.1, -0.05) is 170 Å². The molecular formula is C54H32O2. The molecule has 260 valence electrons. The van der Waals surface area contributed by atoms with Gasteiger partial charge in [-0.3, -0.25) is 0 Å². The van der Waals surface area contributed by atoms with Gasteiger partial charge in [0.15, 0.2) is 0 Å². The van der Waals surface area contributed by atoms with Crippen LogP contribution >= 0.6 is 0 Å². The van der Waals surface area contributed by atoms with Crippen molar-refractivity contribution in [2.45, 2.75) is 0 Å². The van der Waals surface area contributed by atoms with Crippen molar-refractivity contribution in [3.8, 4) is 44.5 Å². The van der Waals surface area contributed by atoms with E-state index in [1.54, 1.807) is 0 Å². The Labute approximate surface area is 322 Å². The Balaban J connectivity index is 1.22. The van der Waals surface area contributed by atoms with Gasteiger partial charge in [-0.2, -0.15) is 0 Å². The van der Waals surface area contributed by atoms with Crippen molar-refractivity contribution in [2.75, 3.05) is 0 Å². The maximum Gasteiger partial charge on any atom is 0.143 e. The quantitative estimate of drug-likeness (QED) is 0.170. The molecule has 12 aromatic rings. The zero-order valence-corrected chi connectivity index (χ0v) is 30.3. The third kappa shape index (κ3) is 4.57. The fraction of sp³-hybridized carbons (Fsp3) is 0. The smallest absolute Gasteiger partial charge is 0.143 e. The summed E-state index contributed by atoms with van der Waals surface area (Å²) in [4.78, 5) is 0. The predicted molar refractivity (Wildman–Crippen MR) is 235 cm³/mol. The minimum atomic E-state index is 0.896. The van der Waals surface area contributed by atoms with E-state index in [4.69, 9.17) is 8.83 Å². The number of fused-ring (bicyclic) bond motifs is 9. The fourth-order valence-electron chi connectivity index (χ4n) is 9.15. The summed E-state index contributed by atoms with van der Waals surface area (Å²) < 4.78 is 13.3. The summed E-state index contributed by atoms with van der Waals surface area (Å²) in [7, 11) is 0. The first-order valence-corrected chi connectivity index (χ1v) is 19.2. The van der Waals surface area contributed by atoms with Crippen LogP contribution in [-0.4, -0.2) is 0 Å². The Bertz CT molecular complexity index is 3360. The summed E-state index contributed by atoms with van der Waals surface area (Å²) in [6, 6.07) is 69.8. The van der Waals surface area contributed by atoms with Crippen LogP contribution < -0.4 is 0 Å². The largest absolute Gasteiger partial charge is 0.455 e. The van der Waals surface area contributed by atoms with Crippen molar-refractivity contribution >= 4 is 76.2 Å². The van der Waals surface area contributed by atoms with Crippen molar-refractivity contribution in [2.24, 2.45) is 0 Å². The first-order chi connectivity index (χ1) is 27.8. The van der Waals surface area contributed by atoms with Gasteiger partial charge in [0.2, 0.25) is 0 Å². The van der Waals surface area contributed by atoms with Crippen molar-refractivity contribution in [1.29, 1.82) is 0 Å². The molecule has 0 aliphatic carbocycles. The summed E-state index contributed by atoms with van der Waals surface area (Å²) in [6.45, 7) is 0. The minimum Gasteiger partial charge on any atom is -0.455 e. The number of para-hydroxylation sites is 4. The summed E-state index contributed by atoms with van der Waals surface area (Å²) in [5.74, 6) is 0. The Morgan fingerprint density at radius 1 is 0.250 bits per heavy atom. The molecule has 0 bridgehead atoms. The summed E-state index contributed by atoms with van der Waals surface area (Å²) in [5, 5.41) is 11.7. The van der Waals surface area contributed by atoms with Gasteiger partial charge in [-0.15, -0.1) is 0 Å². The lowest BCUT2D eigenvalue weighted by Gasteiger charge is -2.19. The first kappa shape index (κ1) is 31.0. The van der Waals surface area contributed by atoms with Crippen LogP contribution in [0.2, 0.25) is 0 Å². The average Bonchev–Trinajstić information content (AvgIpc) is 3.84. The average molecular weight is 713 g/mol. The number of rotatable bonds is 4. The zero-order valence-electron chi connectivity index (χ0n) is 30.3. The molecule has 0 spiro atoms. The third-order valence-corrected chi connectivity index (χ3v) is 11.7. The van der Waals surface area contributed by atoms with Gasteiger partial charge >= 0.3 is 0 Å². The molecule has 0 saturated heterocycles. The van der Waals surface area contributed by atoms with Crippen LogP contribution in [0.1, 0.15) is 0 Å². The van der Waals surface area contributed by atoms with Crippen molar-refractivity contribution in [3.63, 3.8) is 0 Å². The highest BCUT2D eigenvalue weighted by Gasteiger charge is 2.21. The lowest BCUT2D eigenvalue weighted by molar-refractivity contribution is 0.669. The maximum atomic E-state index is 6.66. The molecule has 2 heteroatoms. The molecule has 10 aromatic carbocycles. The Morgan fingerprint density at radius 2 is 0.732 bits per heavy atom. The van der Waals surface area contributed by atoms with Crippen LogP contribution in [0, 0.1) is 0 Å². The summed E-state index contributed by atoms with van der Waals surface area (Å²) >= 11 is 0. The molecular weight excluding hydrogens is 681 g/mol. The van der Waals surface area contributed by atoms with Gasteiger partial charge in [0, 0.05) is 32.7 Å². The number of furan rings is 2. The molecule has 56 heavy (non-hydrogen) atoms. The molecule has 0 saturated carbocycles. The van der Waals surface area contributed by atoms with Crippen LogP contribution in [0.15, 0.2) is 203 Å². The Morgan fingerprint density at radius 3 is 1.34 bits per heavy atom. The maximum absolute atomic E-state index is 6.66. The highest BCUT2D eigenvalue weighted by molar-refractivity contribution is 6.24. The molecule has 0 fully saturated rings. The van der Waals surface area contributed by atoms with E-state index in [1.165, 1.54) is 54.6 Å². The number of hydrogen-bond donors (Lipinski definition) is 0. The predicted octanol–water partition coefficient (Wildman–Crippen LogP) is 15.6. The second-order valence-corrected chi connectivity index (χ2v) is 14.7. The molecule has 2 heterocycles. The lowest BCUT2D eigenvalue weighted by Crippen LogP contribution is -1.92. The minimum absolute atomic E-state index is 0.896. The van der Waals surface area contributed by atoms with Gasteiger partial charge in [-0.05, 0) is 90.0 Å². The van der Waals surface area contributed by atoms with Gasteiger partial charge in [-0.25, -0.2) is 0 Å². The molecule has 0 unspecified atom stereocenters. The van der Waals surface area contributed by atoms with Gasteiger partial charge in [0.25, 0.3) is 0 Å².